The highest BCUT2D eigenvalue weighted by Crippen LogP contribution is 2.14. The van der Waals surface area contributed by atoms with Crippen LogP contribution in [0, 0.1) is 5.92 Å². The molecule has 0 spiro atoms. The van der Waals surface area contributed by atoms with Crippen molar-refractivity contribution in [2.75, 3.05) is 20.6 Å². The third-order valence-electron chi connectivity index (χ3n) is 2.18. The molecule has 0 bridgehead atoms. The van der Waals surface area contributed by atoms with Crippen LogP contribution in [-0.2, 0) is 0 Å². The van der Waals surface area contributed by atoms with Crippen molar-refractivity contribution >= 4 is 0 Å². The van der Waals surface area contributed by atoms with E-state index < -0.39 is 0 Å². The minimum absolute atomic E-state index is 0.616. The summed E-state index contributed by atoms with van der Waals surface area (Å²) in [4.78, 5) is 2.20. The van der Waals surface area contributed by atoms with Gasteiger partial charge in [-0.3, -0.25) is 0 Å². The molecule has 1 aliphatic rings. The van der Waals surface area contributed by atoms with Gasteiger partial charge in [0.1, 0.15) is 0 Å². The fourth-order valence-electron chi connectivity index (χ4n) is 1.50. The number of allylic oxidation sites excluding steroid dienone is 4. The first-order valence-corrected chi connectivity index (χ1v) is 4.92. The Morgan fingerprint density at radius 3 is 2.69 bits per heavy atom. The van der Waals surface area contributed by atoms with E-state index >= 15 is 0 Å². The Morgan fingerprint density at radius 1 is 1.31 bits per heavy atom. The highest BCUT2D eigenvalue weighted by Gasteiger charge is 2.02. The molecule has 72 valence electrons. The molecule has 0 aliphatic heterocycles. The topological polar surface area (TPSA) is 3.24 Å². The van der Waals surface area contributed by atoms with E-state index in [0.29, 0.717) is 5.92 Å². The van der Waals surface area contributed by atoms with Gasteiger partial charge in [-0.2, -0.15) is 0 Å². The van der Waals surface area contributed by atoms with E-state index in [1.165, 1.54) is 12.0 Å². The predicted octanol–water partition coefficient (Wildman–Crippen LogP) is 2.63. The van der Waals surface area contributed by atoms with E-state index in [0.717, 1.165) is 6.54 Å². The summed E-state index contributed by atoms with van der Waals surface area (Å²) in [5.41, 5.74) is 1.42. The van der Waals surface area contributed by atoms with Gasteiger partial charge in [0.05, 0.1) is 0 Å². The summed E-state index contributed by atoms with van der Waals surface area (Å²) in [6.07, 6.45) is 12.3. The van der Waals surface area contributed by atoms with Crippen molar-refractivity contribution in [3.05, 3.63) is 36.0 Å². The zero-order valence-electron chi connectivity index (χ0n) is 8.83. The second kappa shape index (κ2) is 5.03. The zero-order valence-corrected chi connectivity index (χ0v) is 8.83. The van der Waals surface area contributed by atoms with Crippen LogP contribution in [0.4, 0.5) is 0 Å². The Morgan fingerprint density at radius 2 is 2.08 bits per heavy atom. The molecule has 0 amide bonds. The summed E-state index contributed by atoms with van der Waals surface area (Å²) in [7, 11) is 4.21. The van der Waals surface area contributed by atoms with E-state index in [1.807, 2.05) is 0 Å². The third-order valence-corrected chi connectivity index (χ3v) is 2.18. The lowest BCUT2D eigenvalue weighted by Crippen LogP contribution is -2.14. The van der Waals surface area contributed by atoms with Crippen LogP contribution in [0.1, 0.15) is 13.3 Å². The molecular formula is C12H19N. The molecule has 1 atom stereocenters. The quantitative estimate of drug-likeness (QED) is 0.640. The van der Waals surface area contributed by atoms with Gasteiger partial charge >= 0.3 is 0 Å². The van der Waals surface area contributed by atoms with E-state index in [4.69, 9.17) is 0 Å². The molecule has 0 aromatic carbocycles. The summed E-state index contributed by atoms with van der Waals surface area (Å²) in [5.74, 6) is 0.616. The maximum Gasteiger partial charge on any atom is 0.0224 e. The number of hydrogen-bond donors (Lipinski definition) is 0. The van der Waals surface area contributed by atoms with E-state index in [-0.39, 0.29) is 0 Å². The van der Waals surface area contributed by atoms with Crippen LogP contribution in [0.25, 0.3) is 0 Å². The van der Waals surface area contributed by atoms with Crippen molar-refractivity contribution in [1.29, 1.82) is 0 Å². The molecule has 1 aliphatic carbocycles. The van der Waals surface area contributed by atoms with Crippen molar-refractivity contribution in [3.8, 4) is 0 Å². The Hall–Kier alpha value is -0.820. The lowest BCUT2D eigenvalue weighted by molar-refractivity contribution is 0.447. The average Bonchev–Trinajstić information content (AvgIpc) is 2.28. The maximum absolute atomic E-state index is 2.36. The van der Waals surface area contributed by atoms with Crippen LogP contribution >= 0.6 is 0 Å². The van der Waals surface area contributed by atoms with Gasteiger partial charge in [0.15, 0.2) is 0 Å². The molecule has 0 N–H and O–H groups in total. The lowest BCUT2D eigenvalue weighted by Gasteiger charge is -2.11. The molecule has 0 fully saturated rings. The van der Waals surface area contributed by atoms with Gasteiger partial charge in [-0.1, -0.05) is 37.3 Å². The number of nitrogens with zero attached hydrogens (tertiary/aromatic N) is 1. The number of hydrogen-bond acceptors (Lipinski definition) is 1. The summed E-state index contributed by atoms with van der Waals surface area (Å²) in [6, 6.07) is 0. The zero-order chi connectivity index (χ0) is 9.68. The van der Waals surface area contributed by atoms with Crippen LogP contribution in [0.2, 0.25) is 0 Å². The molecular weight excluding hydrogens is 158 g/mol. The van der Waals surface area contributed by atoms with Crippen LogP contribution in [0.3, 0.4) is 0 Å². The fourth-order valence-corrected chi connectivity index (χ4v) is 1.50. The highest BCUT2D eigenvalue weighted by atomic mass is 15.0. The first-order valence-electron chi connectivity index (χ1n) is 4.92. The van der Waals surface area contributed by atoms with Crippen molar-refractivity contribution in [1.82, 2.24) is 4.90 Å². The van der Waals surface area contributed by atoms with Crippen molar-refractivity contribution < 1.29 is 0 Å². The van der Waals surface area contributed by atoms with Gasteiger partial charge in [-0.05, 0) is 32.0 Å². The molecule has 1 unspecified atom stereocenters. The van der Waals surface area contributed by atoms with Gasteiger partial charge in [0.2, 0.25) is 0 Å². The van der Waals surface area contributed by atoms with Crippen LogP contribution in [0.5, 0.6) is 0 Å². The van der Waals surface area contributed by atoms with Crippen molar-refractivity contribution in [3.63, 3.8) is 0 Å². The Balaban J connectivity index is 2.66. The lowest BCUT2D eigenvalue weighted by atomic mass is 10.0. The van der Waals surface area contributed by atoms with Crippen molar-refractivity contribution in [2.24, 2.45) is 5.92 Å². The molecule has 0 saturated carbocycles. The average molecular weight is 177 g/mol. The van der Waals surface area contributed by atoms with E-state index in [9.17, 15) is 0 Å². The second-order valence-electron chi connectivity index (χ2n) is 3.80. The molecule has 1 nitrogen and oxygen atoms in total. The van der Waals surface area contributed by atoms with Gasteiger partial charge in [-0.25, -0.2) is 0 Å². The highest BCUT2D eigenvalue weighted by molar-refractivity contribution is 5.29. The van der Waals surface area contributed by atoms with Gasteiger partial charge in [-0.15, -0.1) is 0 Å². The summed E-state index contributed by atoms with van der Waals surface area (Å²) in [6.45, 7) is 3.26. The van der Waals surface area contributed by atoms with Gasteiger partial charge < -0.3 is 4.90 Å². The third kappa shape index (κ3) is 3.60. The van der Waals surface area contributed by atoms with E-state index in [1.54, 1.807) is 0 Å². The predicted molar refractivity (Wildman–Crippen MR) is 58.7 cm³/mol. The Bertz CT molecular complexity index is 234. The van der Waals surface area contributed by atoms with E-state index in [2.05, 4.69) is 56.3 Å². The molecule has 1 rings (SSSR count). The second-order valence-corrected chi connectivity index (χ2v) is 3.80. The van der Waals surface area contributed by atoms with Crippen LogP contribution in [-0.4, -0.2) is 25.5 Å². The van der Waals surface area contributed by atoms with Crippen LogP contribution in [0.15, 0.2) is 36.0 Å². The Labute approximate surface area is 81.4 Å². The molecule has 0 heterocycles. The minimum Gasteiger partial charge on any atom is -0.305 e. The summed E-state index contributed by atoms with van der Waals surface area (Å²) in [5, 5.41) is 0. The van der Waals surface area contributed by atoms with Gasteiger partial charge in [0.25, 0.3) is 0 Å². The molecule has 0 radical (unpaired) electrons. The first kappa shape index (κ1) is 10.3. The number of rotatable bonds is 3. The molecule has 0 aromatic rings. The molecule has 0 saturated heterocycles. The van der Waals surface area contributed by atoms with Crippen LogP contribution < -0.4 is 0 Å². The van der Waals surface area contributed by atoms with Crippen molar-refractivity contribution in [2.45, 2.75) is 13.3 Å². The minimum atomic E-state index is 0.616. The number of likely N-dealkylation sites (N-methyl/N-ethyl adjacent to an activating group) is 1. The fraction of sp³-hybridized carbons (Fsp3) is 0.500. The maximum atomic E-state index is 2.36. The van der Waals surface area contributed by atoms with Gasteiger partial charge in [0, 0.05) is 6.54 Å². The SMILES string of the molecule is CCC1C=CC=CC(CN(C)C)=C1. The summed E-state index contributed by atoms with van der Waals surface area (Å²) < 4.78 is 0. The monoisotopic (exact) mass is 177 g/mol. The molecule has 13 heavy (non-hydrogen) atoms. The largest absolute Gasteiger partial charge is 0.305 e. The normalized spacial score (nSPS) is 21.8. The molecule has 1 heteroatoms. The first-order chi connectivity index (χ1) is 6.22. The smallest absolute Gasteiger partial charge is 0.0224 e. The Kier molecular flexibility index (Phi) is 3.97. The summed E-state index contributed by atoms with van der Waals surface area (Å²) >= 11 is 0. The molecule has 0 aromatic heterocycles. The standard InChI is InChI=1S/C12H19N/c1-4-11-7-5-6-8-12(9-11)10-13(2)3/h5-9,11H,4,10H2,1-3H3.